The normalized spacial score (nSPS) is 7.73. The average Bonchev–Trinajstić information content (AvgIpc) is 1.91. The second-order valence-corrected chi connectivity index (χ2v) is 2.09. The van der Waals surface area contributed by atoms with Crippen molar-refractivity contribution in [1.82, 2.24) is 0 Å². The minimum atomic E-state index is 0. The molecular weight excluding hydrogens is 209 g/mol. The Morgan fingerprint density at radius 1 is 1.09 bits per heavy atom. The Kier molecular flexibility index (Phi) is 10.6. The van der Waals surface area contributed by atoms with Crippen LogP contribution >= 0.6 is 0 Å². The molecule has 1 aromatic carbocycles. The molecule has 0 atom stereocenters. The number of benzene rings is 1. The Bertz CT molecular complexity index is 158. The van der Waals surface area contributed by atoms with Gasteiger partial charge in [0.2, 0.25) is 0 Å². The third-order valence-corrected chi connectivity index (χ3v) is 1.31. The van der Waals surface area contributed by atoms with Crippen molar-refractivity contribution in [3.8, 4) is 0 Å². The maximum Gasteiger partial charge on any atom is 3.00 e. The van der Waals surface area contributed by atoms with Gasteiger partial charge in [-0.1, -0.05) is 42.3 Å². The van der Waals surface area contributed by atoms with Crippen LogP contribution < -0.4 is 0 Å². The topological polar surface area (TPSA) is 0 Å². The molecule has 0 amide bonds. The second kappa shape index (κ2) is 8.42. The van der Waals surface area contributed by atoms with E-state index in [1.165, 1.54) is 5.56 Å². The van der Waals surface area contributed by atoms with E-state index in [0.29, 0.717) is 0 Å². The standard InChI is InChI=1S/C9H11.CH3.Y/c1-2-6-9-7-4-3-5-8-9;;/h3-5,7-8H,1-2,6H2;1H3;/q2*-1;+3. The van der Waals surface area contributed by atoms with E-state index >= 15 is 0 Å². The van der Waals surface area contributed by atoms with Gasteiger partial charge in [0.05, 0.1) is 0 Å². The van der Waals surface area contributed by atoms with Crippen LogP contribution in [0.3, 0.4) is 0 Å². The zero-order chi connectivity index (χ0) is 6.53. The largest absolute Gasteiger partial charge is 3.00 e. The Labute approximate surface area is 95.3 Å². The summed E-state index contributed by atoms with van der Waals surface area (Å²) >= 11 is 0. The Morgan fingerprint density at radius 3 is 2.09 bits per heavy atom. The molecule has 56 valence electrons. The first-order valence-corrected chi connectivity index (χ1v) is 3.26. The SMILES string of the molecule is [CH2-]CCc1ccccc1.[CH3-].[Y+3]. The van der Waals surface area contributed by atoms with E-state index in [1.54, 1.807) is 0 Å². The molecule has 0 saturated carbocycles. The van der Waals surface area contributed by atoms with Crippen LogP contribution in [-0.4, -0.2) is 0 Å². The minimum Gasteiger partial charge on any atom is -0.358 e. The van der Waals surface area contributed by atoms with Crippen molar-refractivity contribution in [3.05, 3.63) is 50.2 Å². The molecule has 0 spiro atoms. The first kappa shape index (κ1) is 13.9. The first-order valence-electron chi connectivity index (χ1n) is 3.26. The minimum absolute atomic E-state index is 0. The van der Waals surface area contributed by atoms with Crippen LogP contribution in [0.4, 0.5) is 0 Å². The summed E-state index contributed by atoms with van der Waals surface area (Å²) in [6.07, 6.45) is 2.09. The summed E-state index contributed by atoms with van der Waals surface area (Å²) in [5.41, 5.74) is 1.38. The molecule has 0 nitrogen and oxygen atoms in total. The smallest absolute Gasteiger partial charge is 0.358 e. The van der Waals surface area contributed by atoms with Crippen molar-refractivity contribution in [2.24, 2.45) is 0 Å². The van der Waals surface area contributed by atoms with Gasteiger partial charge in [-0.2, -0.15) is 6.42 Å². The molecule has 0 bridgehead atoms. The van der Waals surface area contributed by atoms with E-state index in [4.69, 9.17) is 0 Å². The molecule has 0 aliphatic carbocycles. The molecule has 0 N–H and O–H groups in total. The van der Waals surface area contributed by atoms with Gasteiger partial charge in [0, 0.05) is 0 Å². The van der Waals surface area contributed by atoms with Gasteiger partial charge in [0.1, 0.15) is 0 Å². The third-order valence-electron chi connectivity index (χ3n) is 1.31. The van der Waals surface area contributed by atoms with Crippen molar-refractivity contribution in [3.63, 3.8) is 0 Å². The van der Waals surface area contributed by atoms with Crippen LogP contribution in [-0.2, 0) is 39.1 Å². The van der Waals surface area contributed by atoms with E-state index < -0.39 is 0 Å². The zero-order valence-corrected chi connectivity index (χ0v) is 9.92. The number of rotatable bonds is 2. The summed E-state index contributed by atoms with van der Waals surface area (Å²) in [7, 11) is 0. The second-order valence-electron chi connectivity index (χ2n) is 2.09. The maximum atomic E-state index is 3.78. The molecule has 0 saturated heterocycles. The van der Waals surface area contributed by atoms with Crippen LogP contribution in [0.1, 0.15) is 12.0 Å². The van der Waals surface area contributed by atoms with Gasteiger partial charge in [-0.05, 0) is 0 Å². The van der Waals surface area contributed by atoms with Gasteiger partial charge in [-0.3, -0.25) is 0 Å². The summed E-state index contributed by atoms with van der Waals surface area (Å²) in [6, 6.07) is 10.4. The van der Waals surface area contributed by atoms with Crippen LogP contribution in [0.15, 0.2) is 30.3 Å². The fourth-order valence-electron chi connectivity index (χ4n) is 0.849. The molecule has 1 aromatic rings. The van der Waals surface area contributed by atoms with Gasteiger partial charge in [0.25, 0.3) is 0 Å². The average molecular weight is 223 g/mol. The molecule has 0 radical (unpaired) electrons. The van der Waals surface area contributed by atoms with Crippen LogP contribution in [0.2, 0.25) is 0 Å². The van der Waals surface area contributed by atoms with E-state index in [0.717, 1.165) is 12.8 Å². The summed E-state index contributed by atoms with van der Waals surface area (Å²) in [4.78, 5) is 0. The third kappa shape index (κ3) is 5.58. The number of aryl methyl sites for hydroxylation is 1. The summed E-state index contributed by atoms with van der Waals surface area (Å²) < 4.78 is 0. The van der Waals surface area contributed by atoms with Crippen molar-refractivity contribution < 1.29 is 32.7 Å². The molecule has 0 aliphatic heterocycles. The summed E-state index contributed by atoms with van der Waals surface area (Å²) in [6.45, 7) is 3.78. The first-order chi connectivity index (χ1) is 4.43. The molecule has 0 unspecified atom stereocenters. The Hall–Kier alpha value is 0.324. The molecule has 1 heteroatoms. The van der Waals surface area contributed by atoms with Gasteiger partial charge in [0.15, 0.2) is 0 Å². The fourth-order valence-corrected chi connectivity index (χ4v) is 0.849. The quantitative estimate of drug-likeness (QED) is 0.676. The van der Waals surface area contributed by atoms with Crippen LogP contribution in [0.5, 0.6) is 0 Å². The van der Waals surface area contributed by atoms with Crippen molar-refractivity contribution >= 4 is 0 Å². The molecule has 0 fully saturated rings. The van der Waals surface area contributed by atoms with E-state index in [9.17, 15) is 0 Å². The Balaban J connectivity index is 0. The molecule has 1 rings (SSSR count). The van der Waals surface area contributed by atoms with E-state index in [2.05, 4.69) is 31.2 Å². The maximum absolute atomic E-state index is 3.78. The molecule has 0 heterocycles. The van der Waals surface area contributed by atoms with Crippen molar-refractivity contribution in [2.75, 3.05) is 0 Å². The predicted molar refractivity (Wildman–Crippen MR) is 46.5 cm³/mol. The predicted octanol–water partition coefficient (Wildman–Crippen LogP) is 2.90. The van der Waals surface area contributed by atoms with Gasteiger partial charge >= 0.3 is 32.7 Å². The zero-order valence-electron chi connectivity index (χ0n) is 7.09. The molecule has 11 heavy (non-hydrogen) atoms. The van der Waals surface area contributed by atoms with Gasteiger partial charge in [-0.15, -0.1) is 0 Å². The van der Waals surface area contributed by atoms with Crippen molar-refractivity contribution in [2.45, 2.75) is 12.8 Å². The van der Waals surface area contributed by atoms with E-state index in [-0.39, 0.29) is 40.1 Å². The van der Waals surface area contributed by atoms with Crippen LogP contribution in [0.25, 0.3) is 0 Å². The van der Waals surface area contributed by atoms with Crippen LogP contribution in [0, 0.1) is 14.4 Å². The molecular formula is C10H14Y+. The summed E-state index contributed by atoms with van der Waals surface area (Å²) in [5.74, 6) is 0. The fraction of sp³-hybridized carbons (Fsp3) is 0.200. The number of hydrogen-bond acceptors (Lipinski definition) is 0. The Morgan fingerprint density at radius 2 is 1.64 bits per heavy atom. The van der Waals surface area contributed by atoms with Crippen molar-refractivity contribution in [1.29, 1.82) is 0 Å². The van der Waals surface area contributed by atoms with E-state index in [1.807, 2.05) is 6.07 Å². The van der Waals surface area contributed by atoms with Gasteiger partial charge in [-0.25, -0.2) is 0 Å². The number of hydrogen-bond donors (Lipinski definition) is 0. The molecule has 0 aliphatic rings. The molecule has 0 aromatic heterocycles. The summed E-state index contributed by atoms with van der Waals surface area (Å²) in [5, 5.41) is 0. The monoisotopic (exact) mass is 223 g/mol. The van der Waals surface area contributed by atoms with Gasteiger partial charge < -0.3 is 14.4 Å².